The van der Waals surface area contributed by atoms with Crippen molar-refractivity contribution in [2.45, 2.75) is 77.2 Å². The maximum absolute atomic E-state index is 13.4. The van der Waals surface area contributed by atoms with Crippen LogP contribution in [0.5, 0.6) is 17.2 Å². The summed E-state index contributed by atoms with van der Waals surface area (Å²) >= 11 is 0. The van der Waals surface area contributed by atoms with Crippen LogP contribution in [0.15, 0.2) is 12.1 Å². The van der Waals surface area contributed by atoms with Crippen molar-refractivity contribution in [3.63, 3.8) is 0 Å². The second-order valence-electron chi connectivity index (χ2n) is 12.6. The zero-order valence-electron chi connectivity index (χ0n) is 23.4. The molecular weight excluding hydrogens is 470 g/mol. The molecule has 0 bridgehead atoms. The quantitative estimate of drug-likeness (QED) is 0.587. The van der Waals surface area contributed by atoms with Crippen molar-refractivity contribution in [3.8, 4) is 17.2 Å². The fraction of sp³-hybridized carbons (Fsp3) is 0.733. The van der Waals surface area contributed by atoms with Crippen LogP contribution in [-0.2, 0) is 15.0 Å². The Bertz CT molecular complexity index is 1080. The standard InChI is InChI=1S/C30H43NO6/c1-17-14-23-28(2,11-10-24(32)31(23)4)19-8-12-29(3)20(25(17)19)9-13-30(29,27(33)34)18-15-21(35-5)26(37-7)22(16-18)36-6/h15-17,19-20,23,25H,8-14H2,1-7H3,(H,33,34)/t17?,19-,20+,23?,25-,28-,29+,30?/m1/s1. The molecule has 4 aliphatic rings. The molecule has 37 heavy (non-hydrogen) atoms. The maximum atomic E-state index is 13.4. The zero-order chi connectivity index (χ0) is 26.9. The van der Waals surface area contributed by atoms with Crippen LogP contribution in [0.1, 0.15) is 71.3 Å². The average Bonchev–Trinajstić information content (AvgIpc) is 3.20. The highest BCUT2D eigenvalue weighted by Gasteiger charge is 2.69. The molecule has 0 spiro atoms. The van der Waals surface area contributed by atoms with Gasteiger partial charge >= 0.3 is 5.97 Å². The Morgan fingerprint density at radius 1 is 1.00 bits per heavy atom. The zero-order valence-corrected chi connectivity index (χ0v) is 23.4. The number of aliphatic carboxylic acids is 1. The molecule has 7 heteroatoms. The second-order valence-corrected chi connectivity index (χ2v) is 12.6. The normalized spacial score (nSPS) is 40.9. The van der Waals surface area contributed by atoms with E-state index >= 15 is 0 Å². The van der Waals surface area contributed by atoms with Crippen molar-refractivity contribution in [1.82, 2.24) is 4.90 Å². The first-order chi connectivity index (χ1) is 17.5. The lowest BCUT2D eigenvalue weighted by atomic mass is 9.43. The van der Waals surface area contributed by atoms with Gasteiger partial charge in [-0.3, -0.25) is 9.59 Å². The number of likely N-dealkylation sites (tertiary alicyclic amines) is 1. The molecule has 0 radical (unpaired) electrons. The minimum absolute atomic E-state index is 0.0855. The minimum Gasteiger partial charge on any atom is -0.493 e. The van der Waals surface area contributed by atoms with E-state index in [-0.39, 0.29) is 17.4 Å². The second kappa shape index (κ2) is 8.81. The number of fused-ring (bicyclic) bond motifs is 5. The molecule has 3 unspecified atom stereocenters. The molecule has 204 valence electrons. The highest BCUT2D eigenvalue weighted by atomic mass is 16.5. The van der Waals surface area contributed by atoms with Gasteiger partial charge in [-0.1, -0.05) is 20.8 Å². The number of hydrogen-bond acceptors (Lipinski definition) is 5. The van der Waals surface area contributed by atoms with E-state index in [1.165, 1.54) is 0 Å². The van der Waals surface area contributed by atoms with Gasteiger partial charge in [0.1, 0.15) is 0 Å². The predicted octanol–water partition coefficient (Wildman–Crippen LogP) is 5.14. The van der Waals surface area contributed by atoms with E-state index in [4.69, 9.17) is 14.2 Å². The van der Waals surface area contributed by atoms with Crippen LogP contribution >= 0.6 is 0 Å². The summed E-state index contributed by atoms with van der Waals surface area (Å²) in [6.45, 7) is 6.98. The van der Waals surface area contributed by atoms with Crippen LogP contribution in [0.2, 0.25) is 0 Å². The minimum atomic E-state index is -1.04. The van der Waals surface area contributed by atoms with Gasteiger partial charge in [-0.25, -0.2) is 0 Å². The molecule has 1 aromatic rings. The molecule has 1 aliphatic heterocycles. The van der Waals surface area contributed by atoms with E-state index in [9.17, 15) is 14.7 Å². The summed E-state index contributed by atoms with van der Waals surface area (Å²) in [5.74, 6) is 2.66. The number of benzene rings is 1. The number of carbonyl (C=O) groups is 2. The topological polar surface area (TPSA) is 85.3 Å². The third kappa shape index (κ3) is 3.31. The summed E-state index contributed by atoms with van der Waals surface area (Å²) in [5.41, 5.74) is -0.610. The summed E-state index contributed by atoms with van der Waals surface area (Å²) in [6, 6.07) is 3.99. The molecule has 8 atom stereocenters. The van der Waals surface area contributed by atoms with Gasteiger partial charge in [-0.2, -0.15) is 0 Å². The van der Waals surface area contributed by atoms with Crippen LogP contribution in [0.3, 0.4) is 0 Å². The number of ether oxygens (including phenoxy) is 3. The Balaban J connectivity index is 1.60. The molecule has 5 rings (SSSR count). The number of carboxylic acid groups (broad SMARTS) is 1. The molecule has 7 nitrogen and oxygen atoms in total. The lowest BCUT2D eigenvalue weighted by Gasteiger charge is -2.64. The predicted molar refractivity (Wildman–Crippen MR) is 140 cm³/mol. The van der Waals surface area contributed by atoms with Gasteiger partial charge in [-0.05, 0) is 90.7 Å². The number of methoxy groups -OCH3 is 3. The van der Waals surface area contributed by atoms with Crippen molar-refractivity contribution >= 4 is 11.9 Å². The maximum Gasteiger partial charge on any atom is 0.314 e. The van der Waals surface area contributed by atoms with Gasteiger partial charge in [0.05, 0.1) is 26.7 Å². The number of nitrogens with zero attached hydrogens (tertiary/aromatic N) is 1. The molecule has 1 heterocycles. The Kier molecular flexibility index (Phi) is 6.23. The Hall–Kier alpha value is -2.44. The first-order valence-electron chi connectivity index (χ1n) is 13.8. The van der Waals surface area contributed by atoms with Crippen LogP contribution in [0, 0.1) is 34.5 Å². The van der Waals surface area contributed by atoms with E-state index in [0.717, 1.165) is 37.7 Å². The van der Waals surface area contributed by atoms with Crippen molar-refractivity contribution in [1.29, 1.82) is 0 Å². The smallest absolute Gasteiger partial charge is 0.314 e. The Morgan fingerprint density at radius 3 is 2.19 bits per heavy atom. The largest absolute Gasteiger partial charge is 0.493 e. The summed E-state index contributed by atoms with van der Waals surface area (Å²) < 4.78 is 16.8. The van der Waals surface area contributed by atoms with Gasteiger partial charge in [0, 0.05) is 19.5 Å². The van der Waals surface area contributed by atoms with Crippen molar-refractivity contribution in [2.24, 2.45) is 34.5 Å². The van der Waals surface area contributed by atoms with Crippen LogP contribution in [0.4, 0.5) is 0 Å². The number of rotatable bonds is 5. The summed E-state index contributed by atoms with van der Waals surface area (Å²) in [6.07, 6.45) is 5.89. The molecule has 3 saturated carbocycles. The van der Waals surface area contributed by atoms with E-state index in [0.29, 0.717) is 53.8 Å². The van der Waals surface area contributed by atoms with Crippen LogP contribution in [-0.4, -0.2) is 56.3 Å². The SMILES string of the molecule is COc1cc(C2(C(=O)O)CC[C@H]3[C@@H]4C(C)CC5N(C)C(=O)CC[C@]5(C)[C@@H]4CC[C@@]32C)cc(OC)c1OC. The summed E-state index contributed by atoms with van der Waals surface area (Å²) in [5, 5.41) is 11.0. The van der Waals surface area contributed by atoms with Gasteiger partial charge in [0.25, 0.3) is 0 Å². The monoisotopic (exact) mass is 513 g/mol. The third-order valence-electron chi connectivity index (χ3n) is 11.6. The van der Waals surface area contributed by atoms with Gasteiger partial charge in [0.2, 0.25) is 11.7 Å². The lowest BCUT2D eigenvalue weighted by Crippen LogP contribution is -2.64. The fourth-order valence-electron chi connectivity index (χ4n) is 9.78. The third-order valence-corrected chi connectivity index (χ3v) is 11.6. The lowest BCUT2D eigenvalue weighted by molar-refractivity contribution is -0.173. The number of carboxylic acids is 1. The molecular formula is C30H43NO6. The average molecular weight is 514 g/mol. The fourth-order valence-corrected chi connectivity index (χ4v) is 9.78. The molecule has 0 aromatic heterocycles. The number of piperidine rings is 1. The number of hydrogen-bond donors (Lipinski definition) is 1. The van der Waals surface area contributed by atoms with Gasteiger partial charge < -0.3 is 24.2 Å². The number of carbonyl (C=O) groups excluding carboxylic acids is 1. The first kappa shape index (κ1) is 26.2. The molecule has 4 fully saturated rings. The first-order valence-corrected chi connectivity index (χ1v) is 13.8. The van der Waals surface area contributed by atoms with Crippen LogP contribution < -0.4 is 14.2 Å². The van der Waals surface area contributed by atoms with Gasteiger partial charge in [0.15, 0.2) is 11.5 Å². The van der Waals surface area contributed by atoms with Crippen LogP contribution in [0.25, 0.3) is 0 Å². The molecule has 1 aromatic carbocycles. The van der Waals surface area contributed by atoms with E-state index in [2.05, 4.69) is 20.8 Å². The molecule has 3 aliphatic carbocycles. The van der Waals surface area contributed by atoms with Crippen molar-refractivity contribution < 1.29 is 28.9 Å². The molecule has 1 saturated heterocycles. The summed E-state index contributed by atoms with van der Waals surface area (Å²) in [4.78, 5) is 28.0. The molecule has 1 amide bonds. The Labute approximate surface area is 220 Å². The highest BCUT2D eigenvalue weighted by molar-refractivity contribution is 5.84. The van der Waals surface area contributed by atoms with Gasteiger partial charge in [-0.15, -0.1) is 0 Å². The Morgan fingerprint density at radius 2 is 1.62 bits per heavy atom. The number of amides is 1. The van der Waals surface area contributed by atoms with E-state index in [1.54, 1.807) is 21.3 Å². The van der Waals surface area contributed by atoms with Crippen molar-refractivity contribution in [3.05, 3.63) is 17.7 Å². The van der Waals surface area contributed by atoms with E-state index < -0.39 is 16.8 Å². The van der Waals surface area contributed by atoms with Crippen molar-refractivity contribution in [2.75, 3.05) is 28.4 Å². The highest BCUT2D eigenvalue weighted by Crippen LogP contribution is 2.71. The summed E-state index contributed by atoms with van der Waals surface area (Å²) in [7, 11) is 6.70. The molecule has 1 N–H and O–H groups in total. The van der Waals surface area contributed by atoms with E-state index in [1.807, 2.05) is 24.1 Å².